The van der Waals surface area contributed by atoms with Crippen molar-refractivity contribution in [3.8, 4) is 0 Å². The van der Waals surface area contributed by atoms with Gasteiger partial charge in [0.05, 0.1) is 16.0 Å². The number of amidine groups is 1. The molecule has 76 valence electrons. The SMILES string of the molecule is CN(CCC(=N)N)c1ccncc1Br. The third kappa shape index (κ3) is 2.99. The van der Waals surface area contributed by atoms with Crippen LogP contribution in [0, 0.1) is 5.41 Å². The fraction of sp³-hybridized carbons (Fsp3) is 0.333. The van der Waals surface area contributed by atoms with Crippen molar-refractivity contribution in [2.45, 2.75) is 6.42 Å². The molecule has 3 N–H and O–H groups in total. The number of nitrogens with zero attached hydrogens (tertiary/aromatic N) is 2. The number of nitrogens with two attached hydrogens (primary N) is 1. The molecule has 0 aliphatic carbocycles. The van der Waals surface area contributed by atoms with Crippen molar-refractivity contribution in [3.63, 3.8) is 0 Å². The molecule has 0 fully saturated rings. The smallest absolute Gasteiger partial charge is 0.0923 e. The Labute approximate surface area is 91.8 Å². The first-order valence-electron chi connectivity index (χ1n) is 4.25. The maximum Gasteiger partial charge on any atom is 0.0923 e. The molecule has 0 saturated carbocycles. The van der Waals surface area contributed by atoms with Crippen LogP contribution in [-0.4, -0.2) is 24.4 Å². The lowest BCUT2D eigenvalue weighted by Gasteiger charge is -2.19. The predicted octanol–water partition coefficient (Wildman–Crippen LogP) is 1.61. The van der Waals surface area contributed by atoms with Gasteiger partial charge in [-0.2, -0.15) is 0 Å². The van der Waals surface area contributed by atoms with Gasteiger partial charge in [-0.3, -0.25) is 10.4 Å². The van der Waals surface area contributed by atoms with Crippen LogP contribution in [0.25, 0.3) is 0 Å². The van der Waals surface area contributed by atoms with Crippen molar-refractivity contribution in [2.24, 2.45) is 5.73 Å². The second-order valence-electron chi connectivity index (χ2n) is 3.02. The maximum atomic E-state index is 7.13. The van der Waals surface area contributed by atoms with Crippen LogP contribution in [0.2, 0.25) is 0 Å². The quantitative estimate of drug-likeness (QED) is 0.636. The minimum absolute atomic E-state index is 0.210. The lowest BCUT2D eigenvalue weighted by molar-refractivity contribution is 0.906. The standard InChI is InChI=1S/C9H13BrN4/c1-14(5-3-9(11)12)8-2-4-13-6-7(8)10/h2,4,6H,3,5H2,1H3,(H3,11,12). The summed E-state index contributed by atoms with van der Waals surface area (Å²) in [6, 6.07) is 1.92. The van der Waals surface area contributed by atoms with Gasteiger partial charge < -0.3 is 10.6 Å². The molecule has 1 heterocycles. The summed E-state index contributed by atoms with van der Waals surface area (Å²) in [6.45, 7) is 0.734. The third-order valence-electron chi connectivity index (χ3n) is 1.88. The molecule has 1 aromatic heterocycles. The van der Waals surface area contributed by atoms with Crippen molar-refractivity contribution in [1.29, 1.82) is 5.41 Å². The molecule has 1 rings (SSSR count). The van der Waals surface area contributed by atoms with Gasteiger partial charge in [0, 0.05) is 32.4 Å². The van der Waals surface area contributed by atoms with Crippen LogP contribution in [-0.2, 0) is 0 Å². The Bertz CT molecular complexity index is 326. The summed E-state index contributed by atoms with van der Waals surface area (Å²) in [5.41, 5.74) is 6.35. The van der Waals surface area contributed by atoms with E-state index in [1.54, 1.807) is 12.4 Å². The highest BCUT2D eigenvalue weighted by Crippen LogP contribution is 2.23. The average Bonchev–Trinajstić information content (AvgIpc) is 2.15. The first-order valence-corrected chi connectivity index (χ1v) is 5.04. The molecule has 0 spiro atoms. The van der Waals surface area contributed by atoms with Crippen LogP contribution in [0.5, 0.6) is 0 Å². The third-order valence-corrected chi connectivity index (χ3v) is 2.49. The molecule has 14 heavy (non-hydrogen) atoms. The topological polar surface area (TPSA) is 66.0 Å². The van der Waals surface area contributed by atoms with Gasteiger partial charge in [-0.05, 0) is 22.0 Å². The number of hydrogen-bond donors (Lipinski definition) is 2. The van der Waals surface area contributed by atoms with E-state index in [0.29, 0.717) is 6.42 Å². The summed E-state index contributed by atoms with van der Waals surface area (Å²) in [5.74, 6) is 0.210. The second kappa shape index (κ2) is 4.95. The zero-order chi connectivity index (χ0) is 10.6. The Hall–Kier alpha value is -1.10. The Balaban J connectivity index is 2.65. The van der Waals surface area contributed by atoms with Gasteiger partial charge in [0.15, 0.2) is 0 Å². The molecule has 1 aromatic rings. The highest BCUT2D eigenvalue weighted by molar-refractivity contribution is 9.10. The zero-order valence-electron chi connectivity index (χ0n) is 8.00. The molecule has 0 bridgehead atoms. The van der Waals surface area contributed by atoms with E-state index in [9.17, 15) is 0 Å². The van der Waals surface area contributed by atoms with Crippen LogP contribution in [0.3, 0.4) is 0 Å². The van der Waals surface area contributed by atoms with Gasteiger partial charge in [0.2, 0.25) is 0 Å². The number of hydrogen-bond acceptors (Lipinski definition) is 3. The van der Waals surface area contributed by atoms with Crippen molar-refractivity contribution in [3.05, 3.63) is 22.9 Å². The van der Waals surface area contributed by atoms with Crippen LogP contribution < -0.4 is 10.6 Å². The Kier molecular flexibility index (Phi) is 3.88. The maximum absolute atomic E-state index is 7.13. The van der Waals surface area contributed by atoms with Crippen molar-refractivity contribution in [2.75, 3.05) is 18.5 Å². The minimum atomic E-state index is 0.210. The second-order valence-corrected chi connectivity index (χ2v) is 3.88. The molecular formula is C9H13BrN4. The Morgan fingerprint density at radius 2 is 2.43 bits per heavy atom. The summed E-state index contributed by atoms with van der Waals surface area (Å²) in [5, 5.41) is 7.13. The molecule has 0 saturated heterocycles. The Morgan fingerprint density at radius 1 is 1.71 bits per heavy atom. The number of anilines is 1. The van der Waals surface area contributed by atoms with Gasteiger partial charge in [0.25, 0.3) is 0 Å². The molecule has 5 heteroatoms. The van der Waals surface area contributed by atoms with Crippen LogP contribution >= 0.6 is 15.9 Å². The van der Waals surface area contributed by atoms with E-state index in [-0.39, 0.29) is 5.84 Å². The predicted molar refractivity (Wildman–Crippen MR) is 61.7 cm³/mol. The summed E-state index contributed by atoms with van der Waals surface area (Å²) in [7, 11) is 1.96. The molecule has 0 amide bonds. The van der Waals surface area contributed by atoms with Gasteiger partial charge in [-0.25, -0.2) is 0 Å². The van der Waals surface area contributed by atoms with E-state index >= 15 is 0 Å². The van der Waals surface area contributed by atoms with E-state index in [1.165, 1.54) is 0 Å². The van der Waals surface area contributed by atoms with E-state index in [1.807, 2.05) is 18.0 Å². The molecule has 0 aliphatic rings. The fourth-order valence-corrected chi connectivity index (χ4v) is 1.64. The number of rotatable bonds is 4. The molecule has 4 nitrogen and oxygen atoms in total. The van der Waals surface area contributed by atoms with E-state index in [4.69, 9.17) is 11.1 Å². The molecular weight excluding hydrogens is 244 g/mol. The van der Waals surface area contributed by atoms with Crippen LogP contribution in [0.1, 0.15) is 6.42 Å². The van der Waals surface area contributed by atoms with Gasteiger partial charge in [0.1, 0.15) is 0 Å². The molecule has 0 radical (unpaired) electrons. The average molecular weight is 257 g/mol. The zero-order valence-corrected chi connectivity index (χ0v) is 9.58. The monoisotopic (exact) mass is 256 g/mol. The lowest BCUT2D eigenvalue weighted by atomic mass is 10.3. The first-order chi connectivity index (χ1) is 6.61. The molecule has 0 aromatic carbocycles. The van der Waals surface area contributed by atoms with Gasteiger partial charge in [-0.15, -0.1) is 0 Å². The lowest BCUT2D eigenvalue weighted by Crippen LogP contribution is -2.24. The highest BCUT2D eigenvalue weighted by Gasteiger charge is 2.04. The molecule has 0 aliphatic heterocycles. The van der Waals surface area contributed by atoms with Crippen molar-refractivity contribution >= 4 is 27.5 Å². The highest BCUT2D eigenvalue weighted by atomic mass is 79.9. The first kappa shape index (κ1) is 11.0. The molecule has 0 atom stereocenters. The number of aromatic nitrogens is 1. The largest absolute Gasteiger partial charge is 0.388 e. The summed E-state index contributed by atoms with van der Waals surface area (Å²) in [4.78, 5) is 6.02. The van der Waals surface area contributed by atoms with Gasteiger partial charge >= 0.3 is 0 Å². The fourth-order valence-electron chi connectivity index (χ4n) is 1.09. The molecule has 0 unspecified atom stereocenters. The van der Waals surface area contributed by atoms with E-state index in [2.05, 4.69) is 20.9 Å². The normalized spacial score (nSPS) is 9.86. The number of halogens is 1. The summed E-state index contributed by atoms with van der Waals surface area (Å²) >= 11 is 3.41. The van der Waals surface area contributed by atoms with E-state index in [0.717, 1.165) is 16.7 Å². The van der Waals surface area contributed by atoms with E-state index < -0.39 is 0 Å². The van der Waals surface area contributed by atoms with Crippen LogP contribution in [0.15, 0.2) is 22.9 Å². The number of nitrogens with one attached hydrogen (secondary N) is 1. The Morgan fingerprint density at radius 3 is 3.00 bits per heavy atom. The summed E-state index contributed by atoms with van der Waals surface area (Å²) in [6.07, 6.45) is 4.06. The van der Waals surface area contributed by atoms with Crippen LogP contribution in [0.4, 0.5) is 5.69 Å². The number of pyridine rings is 1. The minimum Gasteiger partial charge on any atom is -0.388 e. The van der Waals surface area contributed by atoms with Crippen molar-refractivity contribution < 1.29 is 0 Å². The van der Waals surface area contributed by atoms with Gasteiger partial charge in [-0.1, -0.05) is 0 Å². The van der Waals surface area contributed by atoms with Crippen molar-refractivity contribution in [1.82, 2.24) is 4.98 Å². The summed E-state index contributed by atoms with van der Waals surface area (Å²) < 4.78 is 0.950.